The van der Waals surface area contributed by atoms with Crippen LogP contribution in [0.3, 0.4) is 0 Å². The minimum Gasteiger partial charge on any atom is -0.330 e. The van der Waals surface area contributed by atoms with Crippen LogP contribution in [0.15, 0.2) is 36.4 Å². The third kappa shape index (κ3) is 2.08. The average Bonchev–Trinajstić information content (AvgIpc) is 2.70. The number of nitrogens with one attached hydrogen (secondary N) is 1. The number of rotatable bonds is 1. The van der Waals surface area contributed by atoms with Gasteiger partial charge < -0.3 is 4.98 Å². The van der Waals surface area contributed by atoms with Crippen molar-refractivity contribution < 1.29 is 0 Å². The maximum absolute atomic E-state index is 6.08. The number of para-hydroxylation sites is 1. The Balaban J connectivity index is 2.39. The van der Waals surface area contributed by atoms with Crippen LogP contribution in [0.4, 0.5) is 0 Å². The fourth-order valence-electron chi connectivity index (χ4n) is 2.20. The van der Waals surface area contributed by atoms with E-state index in [1.165, 1.54) is 0 Å². The molecule has 2 aromatic carbocycles. The molecule has 0 radical (unpaired) electrons. The number of benzene rings is 2. The fraction of sp³-hybridized carbons (Fsp3) is 0.0714. The van der Waals surface area contributed by atoms with Crippen LogP contribution in [0.5, 0.6) is 0 Å². The number of imidazole rings is 1. The molecule has 1 heterocycles. The fourth-order valence-corrected chi connectivity index (χ4v) is 2.80. The molecule has 19 heavy (non-hydrogen) atoms. The predicted molar refractivity (Wildman–Crippen MR) is 83.2 cm³/mol. The molecule has 0 bridgehead atoms. The first-order valence-corrected chi connectivity index (χ1v) is 6.90. The summed E-state index contributed by atoms with van der Waals surface area (Å²) >= 11 is 17.4. The highest BCUT2D eigenvalue weighted by molar-refractivity contribution is 7.71. The summed E-state index contributed by atoms with van der Waals surface area (Å²) in [6.07, 6.45) is 0. The standard InChI is InChI=1S/C14H10Cl2N2S/c1-8-3-2-4-12-13(8)18(14(19)17-12)9-5-6-10(15)11(16)7-9/h2-7H,1H3,(H,17,19). The lowest BCUT2D eigenvalue weighted by Gasteiger charge is -2.07. The number of aryl methyl sites for hydroxylation is 1. The summed E-state index contributed by atoms with van der Waals surface area (Å²) in [5.41, 5.74) is 4.12. The third-order valence-corrected chi connectivity index (χ3v) is 4.09. The van der Waals surface area contributed by atoms with Crippen molar-refractivity contribution in [3.8, 4) is 5.69 Å². The quantitative estimate of drug-likeness (QED) is 0.605. The van der Waals surface area contributed by atoms with Crippen LogP contribution in [-0.2, 0) is 0 Å². The predicted octanol–water partition coefficient (Wildman–Crippen LogP) is 5.30. The maximum atomic E-state index is 6.08. The lowest BCUT2D eigenvalue weighted by atomic mass is 10.2. The highest BCUT2D eigenvalue weighted by atomic mass is 35.5. The van der Waals surface area contributed by atoms with Gasteiger partial charge in [-0.05, 0) is 49.0 Å². The van der Waals surface area contributed by atoms with Crippen LogP contribution in [0.25, 0.3) is 16.7 Å². The molecule has 0 saturated heterocycles. The molecule has 0 fully saturated rings. The summed E-state index contributed by atoms with van der Waals surface area (Å²) in [5.74, 6) is 0. The molecule has 5 heteroatoms. The summed E-state index contributed by atoms with van der Waals surface area (Å²) in [6.45, 7) is 2.05. The van der Waals surface area contributed by atoms with Gasteiger partial charge in [0.25, 0.3) is 0 Å². The van der Waals surface area contributed by atoms with Crippen molar-refractivity contribution in [1.29, 1.82) is 0 Å². The van der Waals surface area contributed by atoms with E-state index >= 15 is 0 Å². The Morgan fingerprint density at radius 2 is 1.89 bits per heavy atom. The molecule has 1 N–H and O–H groups in total. The summed E-state index contributed by atoms with van der Waals surface area (Å²) in [4.78, 5) is 3.20. The summed E-state index contributed by atoms with van der Waals surface area (Å²) in [5, 5.41) is 1.05. The molecule has 0 unspecified atom stereocenters. The van der Waals surface area contributed by atoms with E-state index in [0.717, 1.165) is 22.3 Å². The first-order chi connectivity index (χ1) is 9.08. The molecule has 0 spiro atoms. The van der Waals surface area contributed by atoms with Gasteiger partial charge in [-0.25, -0.2) is 0 Å². The number of hydrogen-bond acceptors (Lipinski definition) is 1. The maximum Gasteiger partial charge on any atom is 0.182 e. The molecule has 0 saturated carbocycles. The van der Waals surface area contributed by atoms with Crippen LogP contribution in [0.1, 0.15) is 5.56 Å². The molecular formula is C14H10Cl2N2S. The second kappa shape index (κ2) is 4.67. The van der Waals surface area contributed by atoms with Crippen molar-refractivity contribution in [2.24, 2.45) is 0 Å². The van der Waals surface area contributed by atoms with E-state index in [2.05, 4.69) is 18.0 Å². The van der Waals surface area contributed by atoms with Gasteiger partial charge in [0.1, 0.15) is 0 Å². The van der Waals surface area contributed by atoms with Crippen molar-refractivity contribution in [3.63, 3.8) is 0 Å². The average molecular weight is 309 g/mol. The van der Waals surface area contributed by atoms with Crippen molar-refractivity contribution in [2.45, 2.75) is 6.92 Å². The Labute approximate surface area is 125 Å². The largest absolute Gasteiger partial charge is 0.330 e. The van der Waals surface area contributed by atoms with Crippen LogP contribution in [0.2, 0.25) is 10.0 Å². The van der Waals surface area contributed by atoms with Crippen LogP contribution in [-0.4, -0.2) is 9.55 Å². The topological polar surface area (TPSA) is 20.7 Å². The van der Waals surface area contributed by atoms with Gasteiger partial charge in [-0.15, -0.1) is 0 Å². The van der Waals surface area contributed by atoms with E-state index in [0.29, 0.717) is 14.8 Å². The van der Waals surface area contributed by atoms with E-state index < -0.39 is 0 Å². The van der Waals surface area contributed by atoms with E-state index in [1.54, 1.807) is 6.07 Å². The number of halogens is 2. The van der Waals surface area contributed by atoms with Crippen molar-refractivity contribution >= 4 is 46.5 Å². The van der Waals surface area contributed by atoms with Crippen LogP contribution >= 0.6 is 35.4 Å². The van der Waals surface area contributed by atoms with Gasteiger partial charge in [-0.3, -0.25) is 4.57 Å². The summed E-state index contributed by atoms with van der Waals surface area (Å²) in [7, 11) is 0. The summed E-state index contributed by atoms with van der Waals surface area (Å²) < 4.78 is 2.62. The van der Waals surface area contributed by atoms with Crippen molar-refractivity contribution in [2.75, 3.05) is 0 Å². The number of aromatic amines is 1. The van der Waals surface area contributed by atoms with Crippen molar-refractivity contribution in [3.05, 3.63) is 56.8 Å². The molecule has 0 aliphatic heterocycles. The minimum atomic E-state index is 0.518. The lowest BCUT2D eigenvalue weighted by Crippen LogP contribution is -1.95. The van der Waals surface area contributed by atoms with E-state index in [1.807, 2.05) is 28.8 Å². The molecule has 0 amide bonds. The Morgan fingerprint density at radius 1 is 1.11 bits per heavy atom. The first-order valence-electron chi connectivity index (χ1n) is 5.73. The number of nitrogens with zero attached hydrogens (tertiary/aromatic N) is 1. The lowest BCUT2D eigenvalue weighted by molar-refractivity contribution is 1.06. The Morgan fingerprint density at radius 3 is 2.63 bits per heavy atom. The van der Waals surface area contributed by atoms with E-state index in [9.17, 15) is 0 Å². The molecule has 0 aliphatic carbocycles. The molecule has 3 aromatic rings. The zero-order valence-corrected chi connectivity index (χ0v) is 12.4. The van der Waals surface area contributed by atoms with Gasteiger partial charge in [0.15, 0.2) is 4.77 Å². The smallest absolute Gasteiger partial charge is 0.182 e. The normalized spacial score (nSPS) is 11.1. The molecule has 96 valence electrons. The number of hydrogen-bond donors (Lipinski definition) is 1. The van der Waals surface area contributed by atoms with Crippen LogP contribution < -0.4 is 0 Å². The number of aromatic nitrogens is 2. The van der Waals surface area contributed by atoms with Crippen LogP contribution in [0, 0.1) is 11.7 Å². The number of fused-ring (bicyclic) bond motifs is 1. The third-order valence-electron chi connectivity index (χ3n) is 3.07. The minimum absolute atomic E-state index is 0.518. The molecule has 1 aromatic heterocycles. The second-order valence-electron chi connectivity index (χ2n) is 4.34. The molecular weight excluding hydrogens is 299 g/mol. The Hall–Kier alpha value is -1.29. The van der Waals surface area contributed by atoms with Gasteiger partial charge in [0, 0.05) is 0 Å². The van der Waals surface area contributed by atoms with Gasteiger partial charge >= 0.3 is 0 Å². The van der Waals surface area contributed by atoms with Gasteiger partial charge in [-0.1, -0.05) is 35.3 Å². The Bertz CT molecular complexity index is 833. The SMILES string of the molecule is Cc1cccc2[nH]c(=S)n(-c3ccc(Cl)c(Cl)c3)c12. The molecule has 0 atom stereocenters. The first kappa shape index (κ1) is 12.7. The van der Waals surface area contributed by atoms with E-state index in [-0.39, 0.29) is 0 Å². The molecule has 3 rings (SSSR count). The zero-order valence-electron chi connectivity index (χ0n) is 10.1. The van der Waals surface area contributed by atoms with Gasteiger partial charge in [0.2, 0.25) is 0 Å². The zero-order chi connectivity index (χ0) is 13.6. The molecule has 2 nitrogen and oxygen atoms in total. The second-order valence-corrected chi connectivity index (χ2v) is 5.54. The molecule has 0 aliphatic rings. The van der Waals surface area contributed by atoms with E-state index in [4.69, 9.17) is 35.4 Å². The van der Waals surface area contributed by atoms with Crippen molar-refractivity contribution in [1.82, 2.24) is 9.55 Å². The highest BCUT2D eigenvalue weighted by Crippen LogP contribution is 2.28. The summed E-state index contributed by atoms with van der Waals surface area (Å²) in [6, 6.07) is 11.6. The van der Waals surface area contributed by atoms with Gasteiger partial charge in [0.05, 0.1) is 26.8 Å². The Kier molecular flexibility index (Phi) is 3.13. The highest BCUT2D eigenvalue weighted by Gasteiger charge is 2.09. The van der Waals surface area contributed by atoms with Gasteiger partial charge in [-0.2, -0.15) is 0 Å². The monoisotopic (exact) mass is 308 g/mol. The number of H-pyrrole nitrogens is 1.